The first-order valence-electron chi connectivity index (χ1n) is 4.38. The fourth-order valence-corrected chi connectivity index (χ4v) is 1.30. The fraction of sp³-hybridized carbons (Fsp3) is 0.200. The van der Waals surface area contributed by atoms with Gasteiger partial charge in [0.1, 0.15) is 6.42 Å². The van der Waals surface area contributed by atoms with Crippen molar-refractivity contribution in [2.24, 2.45) is 0 Å². The zero-order chi connectivity index (χ0) is 13.1. The minimum absolute atomic E-state index is 0.0874. The fourth-order valence-electron chi connectivity index (χ4n) is 1.13. The maximum atomic E-state index is 12.6. The van der Waals surface area contributed by atoms with E-state index in [1.165, 1.54) is 12.1 Å². The molecule has 0 unspecified atom stereocenters. The molecule has 3 nitrogen and oxygen atoms in total. The van der Waals surface area contributed by atoms with E-state index in [9.17, 15) is 18.0 Å². The van der Waals surface area contributed by atoms with Gasteiger partial charge in [-0.25, -0.2) is 0 Å². The van der Waals surface area contributed by atoms with Crippen LogP contribution in [0, 0.1) is 11.3 Å². The van der Waals surface area contributed by atoms with Gasteiger partial charge < -0.3 is 5.32 Å². The lowest BCUT2D eigenvalue weighted by Crippen LogP contribution is -2.15. The van der Waals surface area contributed by atoms with Crippen molar-refractivity contribution in [2.45, 2.75) is 12.6 Å². The largest absolute Gasteiger partial charge is 0.418 e. The molecule has 0 spiro atoms. The summed E-state index contributed by atoms with van der Waals surface area (Å²) in [7, 11) is 0. The smallest absolute Gasteiger partial charge is 0.325 e. The highest BCUT2D eigenvalue weighted by Crippen LogP contribution is 2.36. The number of carbonyl (C=O) groups excluding carboxylic acids is 1. The third kappa shape index (κ3) is 3.64. The zero-order valence-corrected chi connectivity index (χ0v) is 9.06. The van der Waals surface area contributed by atoms with Crippen molar-refractivity contribution in [2.75, 3.05) is 5.32 Å². The van der Waals surface area contributed by atoms with Crippen LogP contribution in [0.4, 0.5) is 18.9 Å². The molecule has 0 bridgehead atoms. The van der Waals surface area contributed by atoms with Crippen LogP contribution in [0.25, 0.3) is 0 Å². The molecule has 0 aromatic heterocycles. The number of anilines is 1. The standard InChI is InChI=1S/C10H6ClF3N2O/c11-6-1-2-8(16-9(17)3-4-15)7(5-6)10(12,13)14/h1-2,5H,3H2,(H,16,17). The summed E-state index contributed by atoms with van der Waals surface area (Å²) in [6, 6.07) is 4.51. The number of nitriles is 1. The molecule has 0 radical (unpaired) electrons. The van der Waals surface area contributed by atoms with Gasteiger partial charge in [-0.2, -0.15) is 18.4 Å². The molecule has 0 aliphatic carbocycles. The van der Waals surface area contributed by atoms with Gasteiger partial charge in [0.15, 0.2) is 0 Å². The Kier molecular flexibility index (Phi) is 3.97. The molecule has 0 fully saturated rings. The summed E-state index contributed by atoms with van der Waals surface area (Å²) in [6.45, 7) is 0. The van der Waals surface area contributed by atoms with E-state index < -0.39 is 29.8 Å². The normalized spacial score (nSPS) is 10.8. The predicted octanol–water partition coefficient (Wildman–Crippen LogP) is 3.21. The second-order valence-electron chi connectivity index (χ2n) is 3.07. The van der Waals surface area contributed by atoms with Gasteiger partial charge >= 0.3 is 6.18 Å². The molecule has 0 aliphatic heterocycles. The topological polar surface area (TPSA) is 52.9 Å². The molecule has 1 rings (SSSR count). The first kappa shape index (κ1) is 13.3. The minimum atomic E-state index is -4.62. The van der Waals surface area contributed by atoms with E-state index in [-0.39, 0.29) is 5.02 Å². The second kappa shape index (κ2) is 5.06. The van der Waals surface area contributed by atoms with E-state index in [1.54, 1.807) is 0 Å². The molecule has 1 N–H and O–H groups in total. The minimum Gasteiger partial charge on any atom is -0.325 e. The van der Waals surface area contributed by atoms with E-state index in [0.29, 0.717) is 6.07 Å². The lowest BCUT2D eigenvalue weighted by Gasteiger charge is -2.13. The van der Waals surface area contributed by atoms with Crippen molar-refractivity contribution < 1.29 is 18.0 Å². The Morgan fingerprint density at radius 1 is 1.47 bits per heavy atom. The number of nitrogens with zero attached hydrogens (tertiary/aromatic N) is 1. The summed E-state index contributed by atoms with van der Waals surface area (Å²) in [5.74, 6) is -0.805. The molecule has 0 saturated carbocycles. The van der Waals surface area contributed by atoms with Crippen LogP contribution >= 0.6 is 11.6 Å². The zero-order valence-electron chi connectivity index (χ0n) is 8.31. The number of hydrogen-bond donors (Lipinski definition) is 1. The third-order valence-electron chi connectivity index (χ3n) is 1.80. The molecular weight excluding hydrogens is 257 g/mol. The van der Waals surface area contributed by atoms with Gasteiger partial charge in [-0.05, 0) is 18.2 Å². The SMILES string of the molecule is N#CCC(=O)Nc1ccc(Cl)cc1C(F)(F)F. The van der Waals surface area contributed by atoms with Crippen LogP contribution in [0.5, 0.6) is 0 Å². The summed E-state index contributed by atoms with van der Waals surface area (Å²) < 4.78 is 37.8. The summed E-state index contributed by atoms with van der Waals surface area (Å²) in [5, 5.41) is 10.2. The van der Waals surface area contributed by atoms with Crippen molar-refractivity contribution in [1.82, 2.24) is 0 Å². The average Bonchev–Trinajstić information content (AvgIpc) is 2.19. The van der Waals surface area contributed by atoms with Crippen molar-refractivity contribution >= 4 is 23.2 Å². The number of hydrogen-bond acceptors (Lipinski definition) is 2. The Hall–Kier alpha value is -1.74. The Bertz CT molecular complexity index is 479. The Labute approximate surface area is 99.8 Å². The summed E-state index contributed by atoms with van der Waals surface area (Å²) in [4.78, 5) is 11.0. The number of nitrogens with one attached hydrogen (secondary N) is 1. The Balaban J connectivity index is 3.08. The van der Waals surface area contributed by atoms with E-state index in [2.05, 4.69) is 0 Å². The van der Waals surface area contributed by atoms with Gasteiger partial charge in [0.2, 0.25) is 5.91 Å². The average molecular weight is 263 g/mol. The van der Waals surface area contributed by atoms with E-state index in [4.69, 9.17) is 16.9 Å². The van der Waals surface area contributed by atoms with Gasteiger partial charge in [-0.1, -0.05) is 11.6 Å². The molecule has 1 amide bonds. The van der Waals surface area contributed by atoms with Crippen LogP contribution in [-0.2, 0) is 11.0 Å². The van der Waals surface area contributed by atoms with Gasteiger partial charge in [-0.15, -0.1) is 0 Å². The Morgan fingerprint density at radius 2 is 2.12 bits per heavy atom. The molecule has 0 heterocycles. The van der Waals surface area contributed by atoms with Crippen molar-refractivity contribution in [1.29, 1.82) is 5.26 Å². The van der Waals surface area contributed by atoms with Crippen molar-refractivity contribution in [3.63, 3.8) is 0 Å². The highest BCUT2D eigenvalue weighted by Gasteiger charge is 2.34. The van der Waals surface area contributed by atoms with Crippen LogP contribution in [-0.4, -0.2) is 5.91 Å². The quantitative estimate of drug-likeness (QED) is 0.890. The van der Waals surface area contributed by atoms with Crippen molar-refractivity contribution in [3.8, 4) is 6.07 Å². The summed E-state index contributed by atoms with van der Waals surface area (Å²) in [5.41, 5.74) is -1.46. The van der Waals surface area contributed by atoms with Gasteiger partial charge in [-0.3, -0.25) is 4.79 Å². The first-order chi connectivity index (χ1) is 7.84. The van der Waals surface area contributed by atoms with Gasteiger partial charge in [0.25, 0.3) is 0 Å². The van der Waals surface area contributed by atoms with Crippen molar-refractivity contribution in [3.05, 3.63) is 28.8 Å². The molecule has 17 heavy (non-hydrogen) atoms. The molecular formula is C10H6ClF3N2O. The van der Waals surface area contributed by atoms with Crippen LogP contribution in [0.2, 0.25) is 5.02 Å². The molecule has 0 atom stereocenters. The lowest BCUT2D eigenvalue weighted by atomic mass is 10.1. The van der Waals surface area contributed by atoms with Crippen LogP contribution in [0.15, 0.2) is 18.2 Å². The first-order valence-corrected chi connectivity index (χ1v) is 4.76. The van der Waals surface area contributed by atoms with Gasteiger partial charge in [0, 0.05) is 5.02 Å². The molecule has 1 aromatic rings. The highest BCUT2D eigenvalue weighted by atomic mass is 35.5. The number of benzene rings is 1. The maximum absolute atomic E-state index is 12.6. The monoisotopic (exact) mass is 262 g/mol. The number of halogens is 4. The summed E-state index contributed by atoms with van der Waals surface area (Å²) in [6.07, 6.45) is -5.14. The van der Waals surface area contributed by atoms with E-state index >= 15 is 0 Å². The third-order valence-corrected chi connectivity index (χ3v) is 2.04. The maximum Gasteiger partial charge on any atom is 0.418 e. The van der Waals surface area contributed by atoms with E-state index in [1.807, 2.05) is 5.32 Å². The number of carbonyl (C=O) groups is 1. The molecule has 1 aromatic carbocycles. The van der Waals surface area contributed by atoms with Crippen LogP contribution in [0.3, 0.4) is 0 Å². The highest BCUT2D eigenvalue weighted by molar-refractivity contribution is 6.30. The predicted molar refractivity (Wildman–Crippen MR) is 55.3 cm³/mol. The lowest BCUT2D eigenvalue weighted by molar-refractivity contribution is -0.137. The van der Waals surface area contributed by atoms with E-state index in [0.717, 1.165) is 6.07 Å². The number of amides is 1. The van der Waals surface area contributed by atoms with Gasteiger partial charge in [0.05, 0.1) is 17.3 Å². The summed E-state index contributed by atoms with van der Waals surface area (Å²) >= 11 is 5.46. The van der Waals surface area contributed by atoms with Crippen LogP contribution in [0.1, 0.15) is 12.0 Å². The molecule has 90 valence electrons. The number of alkyl halides is 3. The molecule has 0 aliphatic rings. The molecule has 0 saturated heterocycles. The second-order valence-corrected chi connectivity index (χ2v) is 3.51. The Morgan fingerprint density at radius 3 is 2.65 bits per heavy atom. The number of rotatable bonds is 2. The van der Waals surface area contributed by atoms with Crippen LogP contribution < -0.4 is 5.32 Å². The molecule has 7 heteroatoms.